The molecule has 0 aromatic carbocycles. The zero-order valence-electron chi connectivity index (χ0n) is 12.2. The van der Waals surface area contributed by atoms with Crippen molar-refractivity contribution in [3.8, 4) is 0 Å². The first-order valence-electron chi connectivity index (χ1n) is 6.72. The summed E-state index contributed by atoms with van der Waals surface area (Å²) < 4.78 is 5.31. The van der Waals surface area contributed by atoms with Crippen LogP contribution in [-0.2, 0) is 14.3 Å². The molecule has 0 bridgehead atoms. The van der Waals surface area contributed by atoms with E-state index in [1.165, 1.54) is 11.8 Å². The van der Waals surface area contributed by atoms with Crippen molar-refractivity contribution in [1.29, 1.82) is 0 Å². The maximum Gasteiger partial charge on any atom is 0.410 e. The number of Topliss-reactive ketones (excluding diaryl/α,β-unsaturated/α-hetero) is 2. The van der Waals surface area contributed by atoms with Gasteiger partial charge in [0.05, 0.1) is 12.5 Å². The molecule has 1 fully saturated rings. The van der Waals surface area contributed by atoms with E-state index in [9.17, 15) is 14.4 Å². The van der Waals surface area contributed by atoms with Crippen molar-refractivity contribution in [2.75, 3.05) is 6.54 Å². The van der Waals surface area contributed by atoms with Gasteiger partial charge >= 0.3 is 6.09 Å². The monoisotopic (exact) mass is 269 g/mol. The molecule has 1 aliphatic heterocycles. The number of ether oxygens (including phenoxy) is 1. The first-order chi connectivity index (χ1) is 8.70. The first-order valence-corrected chi connectivity index (χ1v) is 6.72. The highest BCUT2D eigenvalue weighted by Crippen LogP contribution is 2.21. The van der Waals surface area contributed by atoms with Gasteiger partial charge in [0.25, 0.3) is 0 Å². The molecule has 1 unspecified atom stereocenters. The minimum absolute atomic E-state index is 0.107. The second kappa shape index (κ2) is 6.17. The fourth-order valence-corrected chi connectivity index (χ4v) is 2.17. The molecule has 0 N–H and O–H groups in total. The van der Waals surface area contributed by atoms with Crippen LogP contribution in [-0.4, -0.2) is 40.7 Å². The number of carbonyl (C=O) groups is 3. The van der Waals surface area contributed by atoms with E-state index >= 15 is 0 Å². The highest BCUT2D eigenvalue weighted by Gasteiger charge is 2.34. The van der Waals surface area contributed by atoms with Crippen molar-refractivity contribution < 1.29 is 19.1 Å². The molecule has 0 aromatic rings. The summed E-state index contributed by atoms with van der Waals surface area (Å²) in [6.07, 6.45) is 1.81. The molecule has 0 aliphatic carbocycles. The number of likely N-dealkylation sites (tertiary alicyclic amines) is 1. The maximum absolute atomic E-state index is 12.1. The second-order valence-corrected chi connectivity index (χ2v) is 6.03. The third-order valence-corrected chi connectivity index (χ3v) is 2.93. The number of carbonyl (C=O) groups excluding carboxylic acids is 3. The van der Waals surface area contributed by atoms with Gasteiger partial charge in [-0.3, -0.25) is 14.5 Å². The van der Waals surface area contributed by atoms with Crippen LogP contribution in [0.2, 0.25) is 0 Å². The summed E-state index contributed by atoms with van der Waals surface area (Å²) in [5.41, 5.74) is -0.581. The van der Waals surface area contributed by atoms with Gasteiger partial charge in [-0.1, -0.05) is 0 Å². The molecule has 1 heterocycles. The second-order valence-electron chi connectivity index (χ2n) is 6.03. The van der Waals surface area contributed by atoms with Gasteiger partial charge in [-0.2, -0.15) is 0 Å². The lowest BCUT2D eigenvalue weighted by Crippen LogP contribution is -2.50. The summed E-state index contributed by atoms with van der Waals surface area (Å²) in [7, 11) is 0. The molecule has 0 saturated carbocycles. The van der Waals surface area contributed by atoms with Crippen LogP contribution in [0.4, 0.5) is 4.79 Å². The van der Waals surface area contributed by atoms with Crippen molar-refractivity contribution in [3.63, 3.8) is 0 Å². The van der Waals surface area contributed by atoms with E-state index in [-0.39, 0.29) is 18.0 Å². The fraction of sp³-hybridized carbons (Fsp3) is 0.786. The Morgan fingerprint density at radius 2 is 1.84 bits per heavy atom. The molecule has 108 valence electrons. The van der Waals surface area contributed by atoms with Crippen LogP contribution in [0.3, 0.4) is 0 Å². The van der Waals surface area contributed by atoms with Gasteiger partial charge in [0.1, 0.15) is 11.4 Å². The Kier molecular flexibility index (Phi) is 5.09. The number of hydrogen-bond donors (Lipinski definition) is 0. The molecule has 5 nitrogen and oxygen atoms in total. The van der Waals surface area contributed by atoms with Crippen LogP contribution in [0, 0.1) is 0 Å². The highest BCUT2D eigenvalue weighted by molar-refractivity contribution is 6.01. The number of piperidine rings is 1. The Morgan fingerprint density at radius 3 is 2.37 bits per heavy atom. The van der Waals surface area contributed by atoms with Crippen LogP contribution in [0.1, 0.15) is 53.4 Å². The summed E-state index contributed by atoms with van der Waals surface area (Å²) in [6, 6.07) is -0.507. The van der Waals surface area contributed by atoms with Crippen molar-refractivity contribution in [2.45, 2.75) is 65.0 Å². The van der Waals surface area contributed by atoms with Crippen LogP contribution in [0.15, 0.2) is 0 Å². The zero-order valence-corrected chi connectivity index (χ0v) is 12.2. The fourth-order valence-electron chi connectivity index (χ4n) is 2.17. The molecule has 19 heavy (non-hydrogen) atoms. The number of ketones is 2. The van der Waals surface area contributed by atoms with Gasteiger partial charge in [-0.25, -0.2) is 4.79 Å². The standard InChI is InChI=1S/C14H23NO4/c1-10(16)9-12(17)11-7-5-6-8-15(11)13(18)19-14(2,3)4/h11H,5-9H2,1-4H3. The summed E-state index contributed by atoms with van der Waals surface area (Å²) in [4.78, 5) is 36.6. The third-order valence-electron chi connectivity index (χ3n) is 2.93. The Bertz CT molecular complexity index is 370. The summed E-state index contributed by atoms with van der Waals surface area (Å²) >= 11 is 0. The summed E-state index contributed by atoms with van der Waals surface area (Å²) in [5.74, 6) is -0.349. The Balaban J connectivity index is 2.74. The normalized spacial score (nSPS) is 20.0. The first kappa shape index (κ1) is 15.7. The van der Waals surface area contributed by atoms with E-state index in [2.05, 4.69) is 0 Å². The van der Waals surface area contributed by atoms with Crippen molar-refractivity contribution >= 4 is 17.7 Å². The molecule has 0 spiro atoms. The predicted octanol–water partition coefficient (Wildman–Crippen LogP) is 2.32. The van der Waals surface area contributed by atoms with E-state index in [1.807, 2.05) is 0 Å². The molecule has 1 saturated heterocycles. The highest BCUT2D eigenvalue weighted by atomic mass is 16.6. The quantitative estimate of drug-likeness (QED) is 0.738. The number of rotatable bonds is 3. The van der Waals surface area contributed by atoms with E-state index in [0.717, 1.165) is 12.8 Å². The lowest BCUT2D eigenvalue weighted by atomic mass is 9.96. The SMILES string of the molecule is CC(=O)CC(=O)C1CCCCN1C(=O)OC(C)(C)C. The van der Waals surface area contributed by atoms with Gasteiger partial charge in [0.15, 0.2) is 5.78 Å². The van der Waals surface area contributed by atoms with Gasteiger partial charge in [-0.05, 0) is 47.0 Å². The Labute approximate surface area is 114 Å². The Morgan fingerprint density at radius 1 is 1.21 bits per heavy atom. The van der Waals surface area contributed by atoms with Crippen molar-refractivity contribution in [3.05, 3.63) is 0 Å². The van der Waals surface area contributed by atoms with Gasteiger partial charge in [0, 0.05) is 6.54 Å². The van der Waals surface area contributed by atoms with Crippen molar-refractivity contribution in [1.82, 2.24) is 4.90 Å². The molecule has 0 aromatic heterocycles. The molecule has 1 atom stereocenters. The topological polar surface area (TPSA) is 63.7 Å². The average Bonchev–Trinajstić information content (AvgIpc) is 2.25. The van der Waals surface area contributed by atoms with E-state index in [4.69, 9.17) is 4.74 Å². The lowest BCUT2D eigenvalue weighted by molar-refractivity contribution is -0.130. The molecular weight excluding hydrogens is 246 g/mol. The summed E-state index contributed by atoms with van der Waals surface area (Å²) in [5, 5.41) is 0. The summed E-state index contributed by atoms with van der Waals surface area (Å²) in [6.45, 7) is 7.28. The van der Waals surface area contributed by atoms with E-state index in [0.29, 0.717) is 13.0 Å². The number of hydrogen-bond acceptors (Lipinski definition) is 4. The molecule has 5 heteroatoms. The lowest BCUT2D eigenvalue weighted by Gasteiger charge is -2.35. The third kappa shape index (κ3) is 5.01. The molecular formula is C14H23NO4. The van der Waals surface area contributed by atoms with Crippen molar-refractivity contribution in [2.24, 2.45) is 0 Å². The smallest absolute Gasteiger partial charge is 0.410 e. The van der Waals surface area contributed by atoms with Gasteiger partial charge in [0.2, 0.25) is 0 Å². The van der Waals surface area contributed by atoms with Crippen LogP contribution < -0.4 is 0 Å². The maximum atomic E-state index is 12.1. The zero-order chi connectivity index (χ0) is 14.6. The predicted molar refractivity (Wildman–Crippen MR) is 70.9 cm³/mol. The van der Waals surface area contributed by atoms with Crippen LogP contribution in [0.5, 0.6) is 0 Å². The molecule has 1 aliphatic rings. The average molecular weight is 269 g/mol. The minimum Gasteiger partial charge on any atom is -0.444 e. The van der Waals surface area contributed by atoms with Crippen LogP contribution in [0.25, 0.3) is 0 Å². The molecule has 1 amide bonds. The largest absolute Gasteiger partial charge is 0.444 e. The van der Waals surface area contributed by atoms with Gasteiger partial charge < -0.3 is 4.74 Å². The minimum atomic E-state index is -0.581. The number of amides is 1. The van der Waals surface area contributed by atoms with Crippen LogP contribution >= 0.6 is 0 Å². The van der Waals surface area contributed by atoms with Gasteiger partial charge in [-0.15, -0.1) is 0 Å². The number of nitrogens with zero attached hydrogens (tertiary/aromatic N) is 1. The van der Waals surface area contributed by atoms with E-state index < -0.39 is 17.7 Å². The molecule has 1 rings (SSSR count). The molecule has 0 radical (unpaired) electrons. The Hall–Kier alpha value is -1.39. The van der Waals surface area contributed by atoms with E-state index in [1.54, 1.807) is 20.8 Å².